The zero-order valence-electron chi connectivity index (χ0n) is 13.2. The van der Waals surface area contributed by atoms with Crippen LogP contribution in [0.4, 0.5) is 0 Å². The lowest BCUT2D eigenvalue weighted by Gasteiger charge is -2.25. The molecule has 22 heavy (non-hydrogen) atoms. The minimum atomic E-state index is -0.141. The number of hydrogen-bond acceptors (Lipinski definition) is 3. The predicted molar refractivity (Wildman–Crippen MR) is 91.8 cm³/mol. The molecule has 1 atom stereocenters. The third kappa shape index (κ3) is 5.84. The third-order valence-corrected chi connectivity index (χ3v) is 5.11. The Kier molecular flexibility index (Phi) is 6.97. The van der Waals surface area contributed by atoms with Crippen LogP contribution in [0, 0.1) is 5.92 Å². The normalized spacial score (nSPS) is 17.0. The van der Waals surface area contributed by atoms with Crippen LogP contribution in [-0.4, -0.2) is 22.8 Å². The molecule has 1 aliphatic carbocycles. The maximum Gasteiger partial charge on any atom is 0.224 e. The first-order chi connectivity index (χ1) is 10.6. The van der Waals surface area contributed by atoms with E-state index in [1.807, 2.05) is 30.3 Å². The van der Waals surface area contributed by atoms with E-state index in [0.717, 1.165) is 18.4 Å². The smallest absolute Gasteiger partial charge is 0.224 e. The minimum absolute atomic E-state index is 0.0727. The Labute approximate surface area is 137 Å². The molecule has 4 heteroatoms. The van der Waals surface area contributed by atoms with E-state index in [4.69, 9.17) is 0 Å². The second-order valence-electron chi connectivity index (χ2n) is 6.03. The molecule has 1 aromatic carbocycles. The van der Waals surface area contributed by atoms with E-state index in [-0.39, 0.29) is 16.9 Å². The van der Waals surface area contributed by atoms with Crippen LogP contribution >= 0.6 is 11.8 Å². The molecule has 0 spiro atoms. The van der Waals surface area contributed by atoms with E-state index < -0.39 is 0 Å². The summed E-state index contributed by atoms with van der Waals surface area (Å²) in [5.41, 5.74) is 1.15. The molecule has 0 saturated heterocycles. The molecule has 0 heterocycles. The summed E-state index contributed by atoms with van der Waals surface area (Å²) >= 11 is 1.25. The molecule has 0 aliphatic heterocycles. The Bertz CT molecular complexity index is 483. The van der Waals surface area contributed by atoms with E-state index in [2.05, 4.69) is 5.32 Å². The van der Waals surface area contributed by atoms with Gasteiger partial charge in [-0.2, -0.15) is 0 Å². The van der Waals surface area contributed by atoms with Crippen molar-refractivity contribution in [1.29, 1.82) is 0 Å². The Hall–Kier alpha value is -1.29. The zero-order chi connectivity index (χ0) is 15.8. The van der Waals surface area contributed by atoms with E-state index in [9.17, 15) is 9.59 Å². The molecular formula is C18H25NO2S. The van der Waals surface area contributed by atoms with Crippen molar-refractivity contribution >= 4 is 22.8 Å². The molecule has 3 nitrogen and oxygen atoms in total. The number of hydrogen-bond donors (Lipinski definition) is 1. The Morgan fingerprint density at radius 1 is 1.18 bits per heavy atom. The lowest BCUT2D eigenvalue weighted by Crippen LogP contribution is -2.41. The van der Waals surface area contributed by atoms with E-state index in [0.29, 0.717) is 18.2 Å². The number of carbonyl (C=O) groups is 2. The Morgan fingerprint density at radius 2 is 1.86 bits per heavy atom. The van der Waals surface area contributed by atoms with Crippen LogP contribution in [0.1, 0.15) is 44.6 Å². The highest BCUT2D eigenvalue weighted by molar-refractivity contribution is 8.13. The molecule has 1 N–H and O–H groups in total. The lowest BCUT2D eigenvalue weighted by atomic mass is 9.94. The van der Waals surface area contributed by atoms with Crippen molar-refractivity contribution in [2.24, 2.45) is 5.92 Å². The molecule has 120 valence electrons. The fourth-order valence-corrected chi connectivity index (χ4v) is 3.61. The summed E-state index contributed by atoms with van der Waals surface area (Å²) in [6.07, 6.45) is 6.56. The highest BCUT2D eigenvalue weighted by Gasteiger charge is 2.23. The summed E-state index contributed by atoms with van der Waals surface area (Å²) in [5.74, 6) is 0.519. The molecule has 1 amide bonds. The van der Waals surface area contributed by atoms with Crippen molar-refractivity contribution in [3.05, 3.63) is 35.9 Å². The number of carbonyl (C=O) groups excluding carboxylic acids is 2. The average Bonchev–Trinajstić information content (AvgIpc) is 2.53. The van der Waals surface area contributed by atoms with Crippen molar-refractivity contribution in [2.45, 2.75) is 51.5 Å². The molecular weight excluding hydrogens is 294 g/mol. The van der Waals surface area contributed by atoms with Crippen molar-refractivity contribution in [3.8, 4) is 0 Å². The van der Waals surface area contributed by atoms with Crippen molar-refractivity contribution < 1.29 is 9.59 Å². The fourth-order valence-electron chi connectivity index (χ4n) is 2.91. The highest BCUT2D eigenvalue weighted by atomic mass is 32.2. The number of rotatable bonds is 6. The van der Waals surface area contributed by atoms with Gasteiger partial charge in [0.1, 0.15) is 0 Å². The quantitative estimate of drug-likeness (QED) is 0.872. The van der Waals surface area contributed by atoms with Gasteiger partial charge in [0.25, 0.3) is 0 Å². The lowest BCUT2D eigenvalue weighted by molar-refractivity contribution is -0.125. The second-order valence-corrected chi connectivity index (χ2v) is 7.23. The summed E-state index contributed by atoms with van der Waals surface area (Å²) in [7, 11) is 0. The number of benzene rings is 1. The largest absolute Gasteiger partial charge is 0.353 e. The van der Waals surface area contributed by atoms with Crippen molar-refractivity contribution in [2.75, 3.05) is 5.75 Å². The van der Waals surface area contributed by atoms with Crippen LogP contribution in [0.2, 0.25) is 0 Å². The van der Waals surface area contributed by atoms with Crippen LogP contribution in [0.25, 0.3) is 0 Å². The maximum absolute atomic E-state index is 12.6. The SMILES string of the molecule is CC(=O)SCC(Cc1ccccc1)C(=O)NC1CCCCC1. The van der Waals surface area contributed by atoms with Crippen molar-refractivity contribution in [1.82, 2.24) is 5.32 Å². The van der Waals surface area contributed by atoms with E-state index >= 15 is 0 Å². The number of thioether (sulfide) groups is 1. The topological polar surface area (TPSA) is 46.2 Å². The van der Waals surface area contributed by atoms with Gasteiger partial charge in [0.2, 0.25) is 5.91 Å². The highest BCUT2D eigenvalue weighted by Crippen LogP contribution is 2.20. The van der Waals surface area contributed by atoms with Gasteiger partial charge in [-0.15, -0.1) is 0 Å². The molecule has 0 aromatic heterocycles. The molecule has 1 unspecified atom stereocenters. The van der Waals surface area contributed by atoms with Crippen LogP contribution < -0.4 is 5.32 Å². The van der Waals surface area contributed by atoms with Crippen LogP contribution in [0.5, 0.6) is 0 Å². The predicted octanol–water partition coefficient (Wildman–Crippen LogP) is 3.57. The van der Waals surface area contributed by atoms with E-state index in [1.54, 1.807) is 6.92 Å². The molecule has 1 aromatic rings. The molecule has 2 rings (SSSR count). The molecule has 1 aliphatic rings. The van der Waals surface area contributed by atoms with Crippen LogP contribution in [-0.2, 0) is 16.0 Å². The number of nitrogens with one attached hydrogen (secondary N) is 1. The standard InChI is InChI=1S/C18H25NO2S/c1-14(20)22-13-16(12-15-8-4-2-5-9-15)18(21)19-17-10-6-3-7-11-17/h2,4-5,8-9,16-17H,3,6-7,10-13H2,1H3,(H,19,21). The maximum atomic E-state index is 12.6. The Balaban J connectivity index is 1.95. The monoisotopic (exact) mass is 319 g/mol. The molecule has 1 saturated carbocycles. The third-order valence-electron chi connectivity index (χ3n) is 4.14. The van der Waals surface area contributed by atoms with Crippen LogP contribution in [0.15, 0.2) is 30.3 Å². The summed E-state index contributed by atoms with van der Waals surface area (Å²) in [5, 5.41) is 3.27. The summed E-state index contributed by atoms with van der Waals surface area (Å²) in [6, 6.07) is 10.4. The summed E-state index contributed by atoms with van der Waals surface area (Å²) in [6.45, 7) is 1.56. The van der Waals surface area contributed by atoms with E-state index in [1.165, 1.54) is 31.0 Å². The van der Waals surface area contributed by atoms with Crippen LogP contribution in [0.3, 0.4) is 0 Å². The average molecular weight is 319 g/mol. The first-order valence-corrected chi connectivity index (χ1v) is 9.11. The first-order valence-electron chi connectivity index (χ1n) is 8.13. The van der Waals surface area contributed by atoms with Gasteiger partial charge in [0.15, 0.2) is 5.12 Å². The zero-order valence-corrected chi connectivity index (χ0v) is 14.0. The Morgan fingerprint density at radius 3 is 2.50 bits per heavy atom. The minimum Gasteiger partial charge on any atom is -0.353 e. The van der Waals surface area contributed by atoms with Gasteiger partial charge in [-0.3, -0.25) is 9.59 Å². The summed E-state index contributed by atoms with van der Waals surface area (Å²) < 4.78 is 0. The van der Waals surface area contributed by atoms with Crippen molar-refractivity contribution in [3.63, 3.8) is 0 Å². The van der Waals surface area contributed by atoms with Gasteiger partial charge >= 0.3 is 0 Å². The first kappa shape index (κ1) is 17.1. The van der Waals surface area contributed by atoms with Gasteiger partial charge in [-0.05, 0) is 24.8 Å². The van der Waals surface area contributed by atoms with Gasteiger partial charge in [-0.25, -0.2) is 0 Å². The molecule has 1 fully saturated rings. The number of amides is 1. The van der Waals surface area contributed by atoms with Gasteiger partial charge in [0, 0.05) is 18.7 Å². The van der Waals surface area contributed by atoms with Gasteiger partial charge in [0.05, 0.1) is 5.92 Å². The molecule has 0 bridgehead atoms. The van der Waals surface area contributed by atoms with Gasteiger partial charge in [-0.1, -0.05) is 61.4 Å². The van der Waals surface area contributed by atoms with Gasteiger partial charge < -0.3 is 5.32 Å². The fraction of sp³-hybridized carbons (Fsp3) is 0.556. The summed E-state index contributed by atoms with van der Waals surface area (Å²) in [4.78, 5) is 23.8. The second kappa shape index (κ2) is 8.99. The molecule has 0 radical (unpaired) electrons.